The summed E-state index contributed by atoms with van der Waals surface area (Å²) in [6.45, 7) is -1.78. The molecule has 1 aliphatic rings. The number of hydrogen-bond acceptors (Lipinski definition) is 3. The van der Waals surface area contributed by atoms with E-state index in [1.807, 2.05) is 5.32 Å². The Morgan fingerprint density at radius 3 is 2.03 bits per heavy atom. The summed E-state index contributed by atoms with van der Waals surface area (Å²) >= 11 is 0. The highest BCUT2D eigenvalue weighted by Gasteiger charge is 2.52. The van der Waals surface area contributed by atoms with Gasteiger partial charge < -0.3 is 10.1 Å². The smallest absolute Gasteiger partial charge is 0.422 e. The van der Waals surface area contributed by atoms with Gasteiger partial charge in [0.05, 0.1) is 11.8 Å². The fourth-order valence-electron chi connectivity index (χ4n) is 3.06. The number of pyridine rings is 1. The number of aromatic nitrogens is 1. The summed E-state index contributed by atoms with van der Waals surface area (Å²) in [6, 6.07) is 0.678. The van der Waals surface area contributed by atoms with Crippen molar-refractivity contribution in [3.63, 3.8) is 0 Å². The molecule has 0 radical (unpaired) electrons. The minimum Gasteiger partial charge on any atom is -0.467 e. The first-order valence-corrected chi connectivity index (χ1v) is 8.25. The van der Waals surface area contributed by atoms with Crippen molar-refractivity contribution in [2.75, 3.05) is 6.61 Å². The highest BCUT2D eigenvalue weighted by atomic mass is 19.4. The molecule has 29 heavy (non-hydrogen) atoms. The number of rotatable bonds is 4. The van der Waals surface area contributed by atoms with E-state index in [2.05, 4.69) is 9.72 Å². The number of halogens is 9. The summed E-state index contributed by atoms with van der Waals surface area (Å²) in [4.78, 5) is 15.8. The number of nitrogens with zero attached hydrogens (tertiary/aromatic N) is 1. The molecule has 1 amide bonds. The summed E-state index contributed by atoms with van der Waals surface area (Å²) in [5, 5.41) is 2.04. The predicted octanol–water partition coefficient (Wildman–Crippen LogP) is 4.66. The Morgan fingerprint density at radius 1 is 1.00 bits per heavy atom. The van der Waals surface area contributed by atoms with Crippen LogP contribution in [0.1, 0.15) is 29.6 Å². The molecular formula is C16H15F9N2O2. The number of amides is 1. The van der Waals surface area contributed by atoms with Crippen molar-refractivity contribution in [2.24, 2.45) is 11.8 Å². The fourth-order valence-corrected chi connectivity index (χ4v) is 3.06. The van der Waals surface area contributed by atoms with Crippen molar-refractivity contribution in [1.82, 2.24) is 10.3 Å². The van der Waals surface area contributed by atoms with Crippen molar-refractivity contribution >= 4 is 5.91 Å². The Kier molecular flexibility index (Phi) is 6.58. The van der Waals surface area contributed by atoms with Crippen molar-refractivity contribution in [1.29, 1.82) is 0 Å². The van der Waals surface area contributed by atoms with Crippen molar-refractivity contribution in [3.8, 4) is 5.88 Å². The highest BCUT2D eigenvalue weighted by molar-refractivity contribution is 5.96. The lowest BCUT2D eigenvalue weighted by molar-refractivity contribution is -0.225. The molecule has 1 aromatic heterocycles. The minimum absolute atomic E-state index is 0.533. The Balaban J connectivity index is 2.16. The van der Waals surface area contributed by atoms with Gasteiger partial charge in [0.1, 0.15) is 5.56 Å². The van der Waals surface area contributed by atoms with Gasteiger partial charge in [-0.05, 0) is 31.4 Å². The summed E-state index contributed by atoms with van der Waals surface area (Å²) < 4.78 is 119. The van der Waals surface area contributed by atoms with E-state index in [0.717, 1.165) is 18.3 Å². The number of ether oxygens (including phenoxy) is 1. The van der Waals surface area contributed by atoms with E-state index in [1.165, 1.54) is 0 Å². The van der Waals surface area contributed by atoms with Gasteiger partial charge in [-0.15, -0.1) is 0 Å². The molecule has 4 nitrogen and oxygen atoms in total. The molecule has 2 rings (SSSR count). The lowest BCUT2D eigenvalue weighted by Crippen LogP contribution is -2.47. The highest BCUT2D eigenvalue weighted by Crippen LogP contribution is 2.45. The Bertz CT molecular complexity index is 694. The van der Waals surface area contributed by atoms with E-state index in [0.29, 0.717) is 0 Å². The topological polar surface area (TPSA) is 51.2 Å². The van der Waals surface area contributed by atoms with E-state index in [-0.39, 0.29) is 0 Å². The first kappa shape index (κ1) is 23.1. The first-order valence-electron chi connectivity index (χ1n) is 8.25. The van der Waals surface area contributed by atoms with Crippen LogP contribution >= 0.6 is 0 Å². The van der Waals surface area contributed by atoms with Gasteiger partial charge >= 0.3 is 18.5 Å². The zero-order valence-corrected chi connectivity index (χ0v) is 14.5. The van der Waals surface area contributed by atoms with Crippen LogP contribution in [0, 0.1) is 11.8 Å². The molecule has 164 valence electrons. The molecule has 1 heterocycles. The third-order valence-electron chi connectivity index (χ3n) is 4.36. The maximum atomic E-state index is 13.0. The number of alkyl halides is 9. The molecule has 1 saturated carbocycles. The summed E-state index contributed by atoms with van der Waals surface area (Å²) in [6.07, 6.45) is -16.2. The van der Waals surface area contributed by atoms with Gasteiger partial charge in [-0.3, -0.25) is 4.79 Å². The minimum atomic E-state index is -4.89. The van der Waals surface area contributed by atoms with E-state index < -0.39 is 79.6 Å². The van der Waals surface area contributed by atoms with E-state index in [9.17, 15) is 44.3 Å². The molecule has 1 fully saturated rings. The molecule has 0 spiro atoms. The number of carbonyl (C=O) groups is 1. The fraction of sp³-hybridized carbons (Fsp3) is 0.625. The molecule has 1 aliphatic carbocycles. The largest absolute Gasteiger partial charge is 0.467 e. The number of nitrogens with one attached hydrogen (secondary N) is 1. The van der Waals surface area contributed by atoms with Crippen molar-refractivity contribution in [2.45, 2.75) is 43.8 Å². The standard InChI is InChI=1S/C16H15F9N2O2/c17-14(18,19)7-29-13-11(2-1-3-26-13)12(28)27-10-5-8(15(20,21)22)4-9(6-10)16(23,24)25/h1-3,8-10H,4-7H2,(H,27,28)/t8-,9-/m1/s1. The molecule has 1 aromatic rings. The van der Waals surface area contributed by atoms with Crippen LogP contribution in [0.25, 0.3) is 0 Å². The van der Waals surface area contributed by atoms with E-state index in [1.54, 1.807) is 0 Å². The van der Waals surface area contributed by atoms with Crippen molar-refractivity contribution in [3.05, 3.63) is 23.9 Å². The summed E-state index contributed by atoms with van der Waals surface area (Å²) in [5.41, 5.74) is -0.533. The van der Waals surface area contributed by atoms with Gasteiger partial charge in [0.2, 0.25) is 5.88 Å². The van der Waals surface area contributed by atoms with Gasteiger partial charge in [0, 0.05) is 12.2 Å². The van der Waals surface area contributed by atoms with Gasteiger partial charge in [0.15, 0.2) is 6.61 Å². The molecule has 0 saturated heterocycles. The van der Waals surface area contributed by atoms with Crippen LogP contribution in [0.5, 0.6) is 5.88 Å². The number of hydrogen-bond donors (Lipinski definition) is 1. The zero-order valence-electron chi connectivity index (χ0n) is 14.5. The molecule has 1 N–H and O–H groups in total. The lowest BCUT2D eigenvalue weighted by atomic mass is 9.77. The van der Waals surface area contributed by atoms with Crippen LogP contribution in [-0.4, -0.2) is 42.1 Å². The second-order valence-electron chi connectivity index (χ2n) is 6.61. The van der Waals surface area contributed by atoms with E-state index in [4.69, 9.17) is 0 Å². The normalized spacial score (nSPS) is 23.6. The maximum absolute atomic E-state index is 13.0. The molecule has 0 bridgehead atoms. The summed E-state index contributed by atoms with van der Waals surface area (Å²) in [5.74, 6) is -6.46. The average Bonchev–Trinajstić information content (AvgIpc) is 2.57. The van der Waals surface area contributed by atoms with Crippen LogP contribution in [0.15, 0.2) is 18.3 Å². The van der Waals surface area contributed by atoms with E-state index >= 15 is 0 Å². The first-order chi connectivity index (χ1) is 13.2. The average molecular weight is 438 g/mol. The zero-order chi connectivity index (χ0) is 22.0. The van der Waals surface area contributed by atoms with Crippen LogP contribution in [-0.2, 0) is 0 Å². The Hall–Kier alpha value is -2.21. The quantitative estimate of drug-likeness (QED) is 0.696. The van der Waals surface area contributed by atoms with Gasteiger partial charge in [-0.25, -0.2) is 4.98 Å². The second kappa shape index (κ2) is 8.27. The monoisotopic (exact) mass is 438 g/mol. The lowest BCUT2D eigenvalue weighted by Gasteiger charge is -2.37. The molecular weight excluding hydrogens is 423 g/mol. The maximum Gasteiger partial charge on any atom is 0.422 e. The SMILES string of the molecule is O=C(NC1C[C@H](C(F)(F)F)C[C@@H](C(F)(F)F)C1)c1cccnc1OCC(F)(F)F. The van der Waals surface area contributed by atoms with Crippen molar-refractivity contribution < 1.29 is 49.0 Å². The number of carbonyl (C=O) groups excluding carboxylic acids is 1. The summed E-state index contributed by atoms with van der Waals surface area (Å²) in [7, 11) is 0. The third kappa shape index (κ3) is 6.67. The van der Waals surface area contributed by atoms with Gasteiger partial charge in [-0.1, -0.05) is 0 Å². The van der Waals surface area contributed by atoms with Gasteiger partial charge in [-0.2, -0.15) is 39.5 Å². The molecule has 2 atom stereocenters. The third-order valence-corrected chi connectivity index (χ3v) is 4.36. The second-order valence-corrected chi connectivity index (χ2v) is 6.61. The van der Waals surface area contributed by atoms with Crippen LogP contribution in [0.3, 0.4) is 0 Å². The molecule has 0 aliphatic heterocycles. The predicted molar refractivity (Wildman–Crippen MR) is 80.0 cm³/mol. The molecule has 0 aromatic carbocycles. The van der Waals surface area contributed by atoms with Crippen LogP contribution in [0.2, 0.25) is 0 Å². The van der Waals surface area contributed by atoms with Gasteiger partial charge in [0.25, 0.3) is 5.91 Å². The van der Waals surface area contributed by atoms with Crippen LogP contribution in [0.4, 0.5) is 39.5 Å². The molecule has 0 unspecified atom stereocenters. The molecule has 13 heteroatoms. The Labute approximate surface area is 158 Å². The van der Waals surface area contributed by atoms with Crippen LogP contribution < -0.4 is 10.1 Å². The Morgan fingerprint density at radius 2 is 1.55 bits per heavy atom.